The van der Waals surface area contributed by atoms with Gasteiger partial charge in [-0.15, -0.1) is 0 Å². The second-order valence-corrected chi connectivity index (χ2v) is 8.74. The third kappa shape index (κ3) is 5.19. The van der Waals surface area contributed by atoms with Gasteiger partial charge in [-0.1, -0.05) is 35.8 Å². The summed E-state index contributed by atoms with van der Waals surface area (Å²) in [5, 5.41) is 4.45. The Morgan fingerprint density at radius 3 is 2.58 bits per heavy atom. The molecule has 3 atom stereocenters. The number of benzene rings is 1. The van der Waals surface area contributed by atoms with Gasteiger partial charge in [-0.2, -0.15) is 0 Å². The van der Waals surface area contributed by atoms with Crippen LogP contribution in [-0.4, -0.2) is 64.7 Å². The van der Waals surface area contributed by atoms with E-state index in [4.69, 9.17) is 16.3 Å². The van der Waals surface area contributed by atoms with Crippen molar-refractivity contribution in [2.24, 2.45) is 5.92 Å². The summed E-state index contributed by atoms with van der Waals surface area (Å²) in [5.41, 5.74) is 1.10. The van der Waals surface area contributed by atoms with Gasteiger partial charge in [-0.3, -0.25) is 19.2 Å². The van der Waals surface area contributed by atoms with E-state index in [2.05, 4.69) is 31.4 Å². The molecule has 2 saturated heterocycles. The minimum absolute atomic E-state index is 0.00312. The standard InChI is InChI=1S/C22H29ClN4O4/c1-2-18(14-26-9-11-30-12-10-26)27-19(15-3-6-17(23)7-4-15)8-5-16(21(27)28)13-20-24-22(29)31-25-20/h3-4,6-7,16,18-19H,2,5,8-14H2,1H3,(H,24,25,29)/t16-,18?,19?/m1/s1. The number of rotatable bonds is 7. The predicted molar refractivity (Wildman–Crippen MR) is 116 cm³/mol. The number of hydrogen-bond donors (Lipinski definition) is 1. The SMILES string of the molecule is CCC(CN1CCOCC1)N1C(=O)[C@@H](Cc2noc(=O)[nH]2)CCC1c1ccc(Cl)cc1. The van der Waals surface area contributed by atoms with E-state index >= 15 is 0 Å². The summed E-state index contributed by atoms with van der Waals surface area (Å²) in [4.78, 5) is 32.1. The van der Waals surface area contributed by atoms with Crippen molar-refractivity contribution in [2.45, 2.75) is 44.7 Å². The molecular weight excluding hydrogens is 420 g/mol. The molecule has 1 amide bonds. The predicted octanol–water partition coefficient (Wildman–Crippen LogP) is 2.65. The Morgan fingerprint density at radius 1 is 1.19 bits per heavy atom. The number of nitrogens with one attached hydrogen (secondary N) is 1. The molecule has 1 aromatic carbocycles. The van der Waals surface area contributed by atoms with Gasteiger partial charge in [0.1, 0.15) is 0 Å². The number of morpholine rings is 1. The smallest absolute Gasteiger partial charge is 0.379 e. The molecule has 0 bridgehead atoms. The van der Waals surface area contributed by atoms with E-state index in [0.717, 1.165) is 57.7 Å². The quantitative estimate of drug-likeness (QED) is 0.700. The first kappa shape index (κ1) is 22.0. The number of nitrogens with zero attached hydrogens (tertiary/aromatic N) is 3. The Kier molecular flexibility index (Phi) is 7.09. The lowest BCUT2D eigenvalue weighted by Crippen LogP contribution is -2.54. The van der Waals surface area contributed by atoms with Crippen LogP contribution < -0.4 is 5.76 Å². The fourth-order valence-corrected chi connectivity index (χ4v) is 4.83. The van der Waals surface area contributed by atoms with Crippen molar-refractivity contribution in [3.05, 3.63) is 51.2 Å². The summed E-state index contributed by atoms with van der Waals surface area (Å²) in [5.74, 6) is -0.291. The normalized spacial score (nSPS) is 23.8. The van der Waals surface area contributed by atoms with E-state index in [-0.39, 0.29) is 23.9 Å². The monoisotopic (exact) mass is 448 g/mol. The van der Waals surface area contributed by atoms with Gasteiger partial charge in [-0.05, 0) is 37.0 Å². The van der Waals surface area contributed by atoms with Crippen LogP contribution in [0.1, 0.15) is 43.6 Å². The van der Waals surface area contributed by atoms with E-state index in [1.165, 1.54) is 0 Å². The number of ether oxygens (including phenoxy) is 1. The molecule has 0 saturated carbocycles. The Bertz CT molecular complexity index is 922. The molecule has 4 rings (SSSR count). The van der Waals surface area contributed by atoms with Gasteiger partial charge in [0.25, 0.3) is 0 Å². The average Bonchev–Trinajstić information content (AvgIpc) is 3.19. The summed E-state index contributed by atoms with van der Waals surface area (Å²) in [6, 6.07) is 7.89. The second kappa shape index (κ2) is 9.97. The van der Waals surface area contributed by atoms with Crippen LogP contribution in [0.5, 0.6) is 0 Å². The molecule has 8 nitrogen and oxygen atoms in total. The van der Waals surface area contributed by atoms with Crippen LogP contribution in [0.3, 0.4) is 0 Å². The van der Waals surface area contributed by atoms with Crippen molar-refractivity contribution in [3.8, 4) is 0 Å². The Hall–Kier alpha value is -2.16. The topological polar surface area (TPSA) is 91.7 Å². The third-order valence-electron chi connectivity index (χ3n) is 6.34. The molecule has 1 N–H and O–H groups in total. The molecule has 2 fully saturated rings. The number of likely N-dealkylation sites (tertiary alicyclic amines) is 1. The van der Waals surface area contributed by atoms with Gasteiger partial charge in [-0.25, -0.2) is 4.79 Å². The number of aromatic nitrogens is 2. The Balaban J connectivity index is 1.59. The molecule has 31 heavy (non-hydrogen) atoms. The highest BCUT2D eigenvalue weighted by molar-refractivity contribution is 6.30. The van der Waals surface area contributed by atoms with Crippen LogP contribution in [0.2, 0.25) is 5.02 Å². The number of aromatic amines is 1. The number of carbonyl (C=O) groups is 1. The summed E-state index contributed by atoms with van der Waals surface area (Å²) in [7, 11) is 0. The van der Waals surface area contributed by atoms with E-state index < -0.39 is 5.76 Å². The maximum Gasteiger partial charge on any atom is 0.438 e. The molecule has 1 aromatic heterocycles. The number of hydrogen-bond acceptors (Lipinski definition) is 6. The fraction of sp³-hybridized carbons (Fsp3) is 0.591. The van der Waals surface area contributed by atoms with Crippen molar-refractivity contribution in [1.29, 1.82) is 0 Å². The number of amides is 1. The first-order chi connectivity index (χ1) is 15.0. The molecular formula is C22H29ClN4O4. The van der Waals surface area contributed by atoms with Crippen molar-refractivity contribution in [3.63, 3.8) is 0 Å². The summed E-state index contributed by atoms with van der Waals surface area (Å²) < 4.78 is 10.1. The molecule has 168 valence electrons. The minimum Gasteiger partial charge on any atom is -0.379 e. The average molecular weight is 449 g/mol. The van der Waals surface area contributed by atoms with Crippen LogP contribution in [0.15, 0.2) is 33.6 Å². The lowest BCUT2D eigenvalue weighted by Gasteiger charge is -2.45. The molecule has 0 aliphatic carbocycles. The molecule has 9 heteroatoms. The molecule has 2 unspecified atom stereocenters. The van der Waals surface area contributed by atoms with Gasteiger partial charge >= 0.3 is 5.76 Å². The van der Waals surface area contributed by atoms with Crippen molar-refractivity contribution in [2.75, 3.05) is 32.8 Å². The first-order valence-corrected chi connectivity index (χ1v) is 11.4. The molecule has 2 aliphatic heterocycles. The zero-order chi connectivity index (χ0) is 21.8. The molecule has 3 heterocycles. The maximum atomic E-state index is 13.7. The summed E-state index contributed by atoms with van der Waals surface area (Å²) in [6.07, 6.45) is 2.81. The minimum atomic E-state index is -0.590. The molecule has 0 spiro atoms. The van der Waals surface area contributed by atoms with Crippen LogP contribution in [0.4, 0.5) is 0 Å². The lowest BCUT2D eigenvalue weighted by molar-refractivity contribution is -0.146. The van der Waals surface area contributed by atoms with Gasteiger partial charge < -0.3 is 9.64 Å². The molecule has 0 radical (unpaired) electrons. The summed E-state index contributed by atoms with van der Waals surface area (Å²) >= 11 is 6.11. The van der Waals surface area contributed by atoms with Crippen LogP contribution in [-0.2, 0) is 16.0 Å². The third-order valence-corrected chi connectivity index (χ3v) is 6.60. The largest absolute Gasteiger partial charge is 0.438 e. The van der Waals surface area contributed by atoms with Crippen LogP contribution in [0.25, 0.3) is 0 Å². The zero-order valence-electron chi connectivity index (χ0n) is 17.8. The number of carbonyl (C=O) groups excluding carboxylic acids is 1. The molecule has 2 aromatic rings. The highest BCUT2D eigenvalue weighted by Crippen LogP contribution is 2.38. The van der Waals surface area contributed by atoms with E-state index in [0.29, 0.717) is 17.3 Å². The molecule has 2 aliphatic rings. The van der Waals surface area contributed by atoms with Crippen molar-refractivity contribution in [1.82, 2.24) is 19.9 Å². The van der Waals surface area contributed by atoms with E-state index in [9.17, 15) is 9.59 Å². The summed E-state index contributed by atoms with van der Waals surface area (Å²) in [6.45, 7) is 6.18. The second-order valence-electron chi connectivity index (χ2n) is 8.31. The van der Waals surface area contributed by atoms with E-state index in [1.54, 1.807) is 0 Å². The Morgan fingerprint density at radius 2 is 1.94 bits per heavy atom. The first-order valence-electron chi connectivity index (χ1n) is 11.0. The van der Waals surface area contributed by atoms with Crippen LogP contribution in [0, 0.1) is 5.92 Å². The maximum absolute atomic E-state index is 13.7. The van der Waals surface area contributed by atoms with Crippen LogP contribution >= 0.6 is 11.6 Å². The number of piperidine rings is 1. The van der Waals surface area contributed by atoms with Gasteiger partial charge in [0.15, 0.2) is 5.82 Å². The highest BCUT2D eigenvalue weighted by Gasteiger charge is 2.40. The van der Waals surface area contributed by atoms with E-state index in [1.807, 2.05) is 24.3 Å². The van der Waals surface area contributed by atoms with Crippen molar-refractivity contribution < 1.29 is 14.1 Å². The van der Waals surface area contributed by atoms with Gasteiger partial charge in [0.05, 0.1) is 19.3 Å². The number of H-pyrrole nitrogens is 1. The highest BCUT2D eigenvalue weighted by atomic mass is 35.5. The van der Waals surface area contributed by atoms with Crippen molar-refractivity contribution >= 4 is 17.5 Å². The lowest BCUT2D eigenvalue weighted by atomic mass is 9.84. The number of halogens is 1. The van der Waals surface area contributed by atoms with Gasteiger partial charge in [0.2, 0.25) is 5.91 Å². The van der Waals surface area contributed by atoms with Gasteiger partial charge in [0, 0.05) is 43.0 Å². The Labute approximate surface area is 186 Å². The fourth-order valence-electron chi connectivity index (χ4n) is 4.70. The zero-order valence-corrected chi connectivity index (χ0v) is 18.5.